The Labute approximate surface area is 147 Å². The topological polar surface area (TPSA) is 50.4 Å². The van der Waals surface area contributed by atoms with Gasteiger partial charge in [0.1, 0.15) is 11.3 Å². The smallest absolute Gasteiger partial charge is 0.309 e. The second kappa shape index (κ2) is 6.49. The molecule has 0 amide bonds. The number of hydrogen-bond donors (Lipinski definition) is 1. The van der Waals surface area contributed by atoms with Gasteiger partial charge in [-0.1, -0.05) is 29.5 Å². The van der Waals surface area contributed by atoms with Crippen LogP contribution >= 0.6 is 0 Å². The van der Waals surface area contributed by atoms with E-state index in [4.69, 9.17) is 4.42 Å². The highest BCUT2D eigenvalue weighted by Gasteiger charge is 2.28. The maximum Gasteiger partial charge on any atom is 0.309 e. The summed E-state index contributed by atoms with van der Waals surface area (Å²) >= 11 is 0. The minimum absolute atomic E-state index is 0.349. The number of aryl methyl sites for hydroxylation is 1. The molecule has 25 heavy (non-hydrogen) atoms. The Kier molecular flexibility index (Phi) is 4.37. The zero-order valence-corrected chi connectivity index (χ0v) is 14.6. The predicted molar refractivity (Wildman–Crippen MR) is 98.5 cm³/mol. The molecule has 0 aliphatic carbocycles. The summed E-state index contributed by atoms with van der Waals surface area (Å²) in [6, 6.07) is 15.8. The fourth-order valence-corrected chi connectivity index (χ4v) is 2.56. The zero-order chi connectivity index (χ0) is 18.0. The van der Waals surface area contributed by atoms with Crippen molar-refractivity contribution in [3.63, 3.8) is 0 Å². The average Bonchev–Trinajstić information content (AvgIpc) is 2.94. The number of carbonyl (C=O) groups is 1. The fraction of sp³-hybridized carbons (Fsp3) is 0.227. The Morgan fingerprint density at radius 2 is 1.68 bits per heavy atom. The summed E-state index contributed by atoms with van der Waals surface area (Å²) in [7, 11) is 0. The van der Waals surface area contributed by atoms with Crippen LogP contribution in [0.25, 0.3) is 11.0 Å². The molecule has 0 unspecified atom stereocenters. The average molecular weight is 332 g/mol. The Morgan fingerprint density at radius 3 is 2.36 bits per heavy atom. The van der Waals surface area contributed by atoms with E-state index in [1.165, 1.54) is 5.56 Å². The molecule has 1 aromatic heterocycles. The molecule has 0 radical (unpaired) electrons. The van der Waals surface area contributed by atoms with Crippen molar-refractivity contribution in [2.45, 2.75) is 27.2 Å². The van der Waals surface area contributed by atoms with Gasteiger partial charge in [0, 0.05) is 22.9 Å². The molecule has 0 saturated heterocycles. The van der Waals surface area contributed by atoms with E-state index >= 15 is 0 Å². The monoisotopic (exact) mass is 332 g/mol. The molecule has 3 heteroatoms. The lowest BCUT2D eigenvalue weighted by Gasteiger charge is -2.16. The first-order valence-corrected chi connectivity index (χ1v) is 8.18. The highest BCUT2D eigenvalue weighted by Crippen LogP contribution is 2.27. The Morgan fingerprint density at radius 1 is 1.04 bits per heavy atom. The van der Waals surface area contributed by atoms with E-state index in [2.05, 4.69) is 11.8 Å². The number of rotatable bonds is 3. The van der Waals surface area contributed by atoms with Gasteiger partial charge in [-0.05, 0) is 57.2 Å². The normalized spacial score (nSPS) is 11.2. The van der Waals surface area contributed by atoms with Crippen molar-refractivity contribution in [1.29, 1.82) is 0 Å². The summed E-state index contributed by atoms with van der Waals surface area (Å²) in [5.74, 6) is 6.15. The van der Waals surface area contributed by atoms with E-state index in [0.29, 0.717) is 12.2 Å². The van der Waals surface area contributed by atoms with Crippen molar-refractivity contribution in [3.05, 3.63) is 71.0 Å². The van der Waals surface area contributed by atoms with Crippen LogP contribution in [0.1, 0.15) is 36.3 Å². The molecule has 3 aromatic rings. The van der Waals surface area contributed by atoms with Gasteiger partial charge in [-0.15, -0.1) is 0 Å². The quantitative estimate of drug-likeness (QED) is 0.701. The molecule has 0 aliphatic rings. The fourth-order valence-electron chi connectivity index (χ4n) is 2.56. The maximum atomic E-state index is 11.3. The first-order valence-electron chi connectivity index (χ1n) is 8.18. The Bertz CT molecular complexity index is 980. The highest BCUT2D eigenvalue weighted by atomic mass is 16.4. The van der Waals surface area contributed by atoms with Crippen molar-refractivity contribution in [2.75, 3.05) is 0 Å². The Hall–Kier alpha value is -2.99. The standard InChI is InChI=1S/C22H20O3/c1-15-4-6-16(7-5-15)8-9-17-10-11-20-18(12-17)13-19(25-20)14-22(2,3)21(23)24/h4-7,10-13H,14H2,1-3H3,(H,23,24). The van der Waals surface area contributed by atoms with E-state index < -0.39 is 11.4 Å². The lowest BCUT2D eigenvalue weighted by Crippen LogP contribution is -2.25. The van der Waals surface area contributed by atoms with Gasteiger partial charge in [-0.25, -0.2) is 0 Å². The summed E-state index contributed by atoms with van der Waals surface area (Å²) in [4.78, 5) is 11.3. The van der Waals surface area contributed by atoms with E-state index in [1.807, 2.05) is 55.5 Å². The molecule has 0 aliphatic heterocycles. The third kappa shape index (κ3) is 3.92. The number of carboxylic acids is 1. The summed E-state index contributed by atoms with van der Waals surface area (Å²) < 4.78 is 5.77. The lowest BCUT2D eigenvalue weighted by atomic mass is 9.88. The summed E-state index contributed by atoms with van der Waals surface area (Å²) in [6.45, 7) is 5.44. The van der Waals surface area contributed by atoms with Crippen molar-refractivity contribution in [3.8, 4) is 11.8 Å². The number of carboxylic acid groups (broad SMARTS) is 1. The molecular weight excluding hydrogens is 312 g/mol. The Balaban J connectivity index is 1.86. The largest absolute Gasteiger partial charge is 0.481 e. The van der Waals surface area contributed by atoms with Gasteiger partial charge in [0.05, 0.1) is 5.41 Å². The molecule has 0 spiro atoms. The van der Waals surface area contributed by atoms with E-state index in [-0.39, 0.29) is 0 Å². The third-order valence-corrected chi connectivity index (χ3v) is 4.17. The van der Waals surface area contributed by atoms with Crippen LogP contribution in [0.2, 0.25) is 0 Å². The van der Waals surface area contributed by atoms with Gasteiger partial charge in [-0.3, -0.25) is 4.79 Å². The maximum absolute atomic E-state index is 11.3. The number of aliphatic carboxylic acids is 1. The van der Waals surface area contributed by atoms with Crippen LogP contribution in [0.3, 0.4) is 0 Å². The van der Waals surface area contributed by atoms with Crippen LogP contribution in [0.15, 0.2) is 52.9 Å². The van der Waals surface area contributed by atoms with Crippen molar-refractivity contribution in [2.24, 2.45) is 5.41 Å². The molecular formula is C22H20O3. The third-order valence-electron chi connectivity index (χ3n) is 4.17. The first-order chi connectivity index (χ1) is 11.8. The molecule has 0 saturated carbocycles. The molecule has 0 fully saturated rings. The van der Waals surface area contributed by atoms with Crippen molar-refractivity contribution >= 4 is 16.9 Å². The van der Waals surface area contributed by atoms with Crippen LogP contribution in [0.5, 0.6) is 0 Å². The van der Waals surface area contributed by atoms with Crippen molar-refractivity contribution in [1.82, 2.24) is 0 Å². The second-order valence-electron chi connectivity index (χ2n) is 6.95. The highest BCUT2D eigenvalue weighted by molar-refractivity contribution is 5.80. The van der Waals surface area contributed by atoms with Crippen LogP contribution < -0.4 is 0 Å². The number of fused-ring (bicyclic) bond motifs is 1. The first kappa shape index (κ1) is 16.9. The minimum atomic E-state index is -0.859. The molecule has 1 heterocycles. The predicted octanol–water partition coefficient (Wildman–Crippen LogP) is 4.79. The van der Waals surface area contributed by atoms with E-state index in [1.54, 1.807) is 13.8 Å². The molecule has 1 N–H and O–H groups in total. The van der Waals surface area contributed by atoms with Gasteiger partial charge >= 0.3 is 5.97 Å². The van der Waals surface area contributed by atoms with Crippen LogP contribution in [0, 0.1) is 24.2 Å². The van der Waals surface area contributed by atoms with Gasteiger partial charge in [0.2, 0.25) is 0 Å². The number of hydrogen-bond acceptors (Lipinski definition) is 2. The molecule has 3 rings (SSSR count). The number of benzene rings is 2. The second-order valence-corrected chi connectivity index (χ2v) is 6.95. The summed E-state index contributed by atoms with van der Waals surface area (Å²) in [5.41, 5.74) is 2.97. The van der Waals surface area contributed by atoms with Gasteiger partial charge in [0.25, 0.3) is 0 Å². The van der Waals surface area contributed by atoms with Crippen molar-refractivity contribution < 1.29 is 14.3 Å². The number of furan rings is 1. The minimum Gasteiger partial charge on any atom is -0.481 e. The molecule has 3 nitrogen and oxygen atoms in total. The van der Waals surface area contributed by atoms with Gasteiger partial charge < -0.3 is 9.52 Å². The summed E-state index contributed by atoms with van der Waals surface area (Å²) in [5, 5.41) is 10.2. The zero-order valence-electron chi connectivity index (χ0n) is 14.6. The van der Waals surface area contributed by atoms with Gasteiger partial charge in [0.15, 0.2) is 0 Å². The molecule has 0 atom stereocenters. The molecule has 2 aromatic carbocycles. The summed E-state index contributed by atoms with van der Waals surface area (Å²) in [6.07, 6.45) is 0.349. The van der Waals surface area contributed by atoms with Gasteiger partial charge in [-0.2, -0.15) is 0 Å². The van der Waals surface area contributed by atoms with E-state index in [0.717, 1.165) is 22.1 Å². The molecule has 0 bridgehead atoms. The lowest BCUT2D eigenvalue weighted by molar-refractivity contribution is -0.147. The van der Waals surface area contributed by atoms with Crippen LogP contribution in [0.4, 0.5) is 0 Å². The van der Waals surface area contributed by atoms with E-state index in [9.17, 15) is 9.90 Å². The molecule has 126 valence electrons. The van der Waals surface area contributed by atoms with Crippen LogP contribution in [-0.4, -0.2) is 11.1 Å². The van der Waals surface area contributed by atoms with Crippen LogP contribution in [-0.2, 0) is 11.2 Å². The SMILES string of the molecule is Cc1ccc(C#Cc2ccc3oc(CC(C)(C)C(=O)O)cc3c2)cc1.